The molecular formula is C16H21N5O2S2. The van der Waals surface area contributed by atoms with E-state index in [1.165, 1.54) is 16.2 Å². The summed E-state index contributed by atoms with van der Waals surface area (Å²) in [5, 5.41) is 6.39. The SMILES string of the molecule is CCc1nc(-c2sc(NC(=O)N3CCC[C@@]3(C)C(N)=O)nc2C)cs1. The van der Waals surface area contributed by atoms with Crippen molar-refractivity contribution in [3.05, 3.63) is 16.1 Å². The number of urea groups is 1. The number of carbonyl (C=O) groups is 2. The van der Waals surface area contributed by atoms with Crippen LogP contribution in [0, 0.1) is 6.92 Å². The summed E-state index contributed by atoms with van der Waals surface area (Å²) >= 11 is 3.01. The lowest BCUT2D eigenvalue weighted by Gasteiger charge is -2.31. The van der Waals surface area contributed by atoms with Gasteiger partial charge in [-0.15, -0.1) is 11.3 Å². The first-order valence-electron chi connectivity index (χ1n) is 8.16. The zero-order valence-corrected chi connectivity index (χ0v) is 16.1. The van der Waals surface area contributed by atoms with Crippen LogP contribution < -0.4 is 11.1 Å². The van der Waals surface area contributed by atoms with Crippen LogP contribution in [-0.2, 0) is 11.2 Å². The monoisotopic (exact) mass is 379 g/mol. The van der Waals surface area contributed by atoms with Gasteiger partial charge in [-0.05, 0) is 33.1 Å². The lowest BCUT2D eigenvalue weighted by Crippen LogP contribution is -2.55. The number of aromatic nitrogens is 2. The van der Waals surface area contributed by atoms with Crippen LogP contribution in [0.2, 0.25) is 0 Å². The Bertz CT molecular complexity index is 815. The van der Waals surface area contributed by atoms with E-state index >= 15 is 0 Å². The van der Waals surface area contributed by atoms with E-state index in [1.807, 2.05) is 12.3 Å². The molecule has 9 heteroatoms. The molecule has 1 atom stereocenters. The fourth-order valence-electron chi connectivity index (χ4n) is 2.97. The highest BCUT2D eigenvalue weighted by molar-refractivity contribution is 7.19. The summed E-state index contributed by atoms with van der Waals surface area (Å²) in [4.78, 5) is 35.8. The van der Waals surface area contributed by atoms with Crippen molar-refractivity contribution in [3.63, 3.8) is 0 Å². The van der Waals surface area contributed by atoms with Crippen molar-refractivity contribution in [1.82, 2.24) is 14.9 Å². The molecule has 25 heavy (non-hydrogen) atoms. The van der Waals surface area contributed by atoms with Gasteiger partial charge in [-0.1, -0.05) is 18.3 Å². The quantitative estimate of drug-likeness (QED) is 0.852. The highest BCUT2D eigenvalue weighted by atomic mass is 32.1. The molecule has 1 fully saturated rings. The molecule has 7 nitrogen and oxygen atoms in total. The first-order valence-corrected chi connectivity index (χ1v) is 9.85. The van der Waals surface area contributed by atoms with Crippen molar-refractivity contribution in [1.29, 1.82) is 0 Å². The molecule has 0 aliphatic carbocycles. The third kappa shape index (κ3) is 3.25. The molecule has 0 bridgehead atoms. The average Bonchev–Trinajstić information content (AvgIpc) is 3.26. The predicted molar refractivity (Wildman–Crippen MR) is 99.9 cm³/mol. The number of hydrogen-bond acceptors (Lipinski definition) is 6. The maximum Gasteiger partial charge on any atom is 0.324 e. The number of primary amides is 1. The van der Waals surface area contributed by atoms with Crippen LogP contribution in [0.15, 0.2) is 5.38 Å². The van der Waals surface area contributed by atoms with E-state index in [2.05, 4.69) is 22.2 Å². The van der Waals surface area contributed by atoms with Crippen molar-refractivity contribution < 1.29 is 9.59 Å². The van der Waals surface area contributed by atoms with Crippen molar-refractivity contribution in [2.75, 3.05) is 11.9 Å². The zero-order valence-electron chi connectivity index (χ0n) is 14.5. The third-order valence-electron chi connectivity index (χ3n) is 4.51. The van der Waals surface area contributed by atoms with Gasteiger partial charge in [0, 0.05) is 11.9 Å². The van der Waals surface area contributed by atoms with E-state index in [1.54, 1.807) is 18.3 Å². The highest BCUT2D eigenvalue weighted by Gasteiger charge is 2.44. The average molecular weight is 380 g/mol. The molecule has 134 valence electrons. The van der Waals surface area contributed by atoms with Gasteiger partial charge in [-0.25, -0.2) is 14.8 Å². The van der Waals surface area contributed by atoms with Crippen LogP contribution in [-0.4, -0.2) is 38.9 Å². The number of likely N-dealkylation sites (tertiary alicyclic amines) is 1. The predicted octanol–water partition coefficient (Wildman–Crippen LogP) is 3.01. The van der Waals surface area contributed by atoms with E-state index in [0.29, 0.717) is 18.1 Å². The van der Waals surface area contributed by atoms with Gasteiger partial charge >= 0.3 is 6.03 Å². The van der Waals surface area contributed by atoms with E-state index in [0.717, 1.165) is 34.1 Å². The second-order valence-electron chi connectivity index (χ2n) is 6.24. The Balaban J connectivity index is 1.78. The smallest absolute Gasteiger partial charge is 0.324 e. The van der Waals surface area contributed by atoms with Crippen molar-refractivity contribution in [3.8, 4) is 10.6 Å². The lowest BCUT2D eigenvalue weighted by atomic mass is 9.98. The second-order valence-corrected chi connectivity index (χ2v) is 8.18. The molecule has 3 heterocycles. The highest BCUT2D eigenvalue weighted by Crippen LogP contribution is 2.34. The van der Waals surface area contributed by atoms with Crippen LogP contribution in [0.5, 0.6) is 0 Å². The van der Waals surface area contributed by atoms with Gasteiger partial charge in [0.15, 0.2) is 5.13 Å². The van der Waals surface area contributed by atoms with Gasteiger partial charge < -0.3 is 10.6 Å². The number of anilines is 1. The molecular weight excluding hydrogens is 358 g/mol. The van der Waals surface area contributed by atoms with Crippen LogP contribution in [0.4, 0.5) is 9.93 Å². The number of amides is 3. The molecule has 1 aliphatic heterocycles. The van der Waals surface area contributed by atoms with Gasteiger partial charge in [0.1, 0.15) is 5.54 Å². The number of nitrogens with zero attached hydrogens (tertiary/aromatic N) is 3. The van der Waals surface area contributed by atoms with E-state index in [9.17, 15) is 9.59 Å². The number of thiazole rings is 2. The molecule has 3 amide bonds. The summed E-state index contributed by atoms with van der Waals surface area (Å²) in [6.45, 7) is 6.19. The van der Waals surface area contributed by atoms with Gasteiger partial charge in [0.05, 0.1) is 21.3 Å². The largest absolute Gasteiger partial charge is 0.368 e. The molecule has 2 aromatic heterocycles. The van der Waals surface area contributed by atoms with Gasteiger partial charge in [0.25, 0.3) is 0 Å². The number of rotatable bonds is 4. The Labute approximate surface area is 154 Å². The summed E-state index contributed by atoms with van der Waals surface area (Å²) in [7, 11) is 0. The molecule has 0 radical (unpaired) electrons. The third-order valence-corrected chi connectivity index (χ3v) is 6.60. The molecule has 3 rings (SSSR count). The summed E-state index contributed by atoms with van der Waals surface area (Å²) in [6, 6.07) is -0.341. The van der Waals surface area contributed by atoms with E-state index < -0.39 is 11.4 Å². The normalized spacial score (nSPS) is 20.0. The van der Waals surface area contributed by atoms with Crippen molar-refractivity contribution in [2.24, 2.45) is 5.73 Å². The minimum atomic E-state index is -0.940. The molecule has 3 N–H and O–H groups in total. The molecule has 0 spiro atoms. The van der Waals surface area contributed by atoms with Crippen LogP contribution in [0.25, 0.3) is 10.6 Å². The lowest BCUT2D eigenvalue weighted by molar-refractivity contribution is -0.126. The Morgan fingerprint density at radius 3 is 2.84 bits per heavy atom. The molecule has 0 unspecified atom stereocenters. The van der Waals surface area contributed by atoms with Crippen molar-refractivity contribution >= 4 is 39.7 Å². The number of hydrogen-bond donors (Lipinski definition) is 2. The maximum absolute atomic E-state index is 12.6. The summed E-state index contributed by atoms with van der Waals surface area (Å²) < 4.78 is 0. The number of nitrogens with two attached hydrogens (primary N) is 1. The fourth-order valence-corrected chi connectivity index (χ4v) is 4.70. The van der Waals surface area contributed by atoms with E-state index in [-0.39, 0.29) is 6.03 Å². The maximum atomic E-state index is 12.6. The van der Waals surface area contributed by atoms with Crippen molar-refractivity contribution in [2.45, 2.75) is 45.6 Å². The minimum Gasteiger partial charge on any atom is -0.368 e. The summed E-state index contributed by atoms with van der Waals surface area (Å²) in [5.74, 6) is -0.481. The fraction of sp³-hybridized carbons (Fsp3) is 0.500. The Morgan fingerprint density at radius 1 is 1.44 bits per heavy atom. The topological polar surface area (TPSA) is 101 Å². The van der Waals surface area contributed by atoms with E-state index in [4.69, 9.17) is 5.73 Å². The molecule has 0 saturated carbocycles. The van der Waals surface area contributed by atoms with Crippen LogP contribution in [0.3, 0.4) is 0 Å². The number of aryl methyl sites for hydroxylation is 2. The Kier molecular flexibility index (Phi) is 4.79. The van der Waals surface area contributed by atoms with Gasteiger partial charge in [0.2, 0.25) is 5.91 Å². The van der Waals surface area contributed by atoms with Crippen LogP contribution in [0.1, 0.15) is 37.4 Å². The van der Waals surface area contributed by atoms with Crippen LogP contribution >= 0.6 is 22.7 Å². The van der Waals surface area contributed by atoms with Gasteiger partial charge in [-0.3, -0.25) is 10.1 Å². The Hall–Kier alpha value is -2.00. The standard InChI is InChI=1S/C16H21N5O2S2/c1-4-11-19-10(8-24-11)12-9(2)18-14(25-12)20-15(23)21-7-5-6-16(21,3)13(17)22/h8H,4-7H2,1-3H3,(H2,17,22)(H,18,20,23)/t16-/m0/s1. The van der Waals surface area contributed by atoms with Gasteiger partial charge in [-0.2, -0.15) is 0 Å². The summed E-state index contributed by atoms with van der Waals surface area (Å²) in [5.41, 5.74) is 6.27. The Morgan fingerprint density at radius 2 is 2.20 bits per heavy atom. The number of nitrogens with one attached hydrogen (secondary N) is 1. The molecule has 2 aromatic rings. The first-order chi connectivity index (χ1) is 11.8. The summed E-state index contributed by atoms with van der Waals surface area (Å²) in [6.07, 6.45) is 2.23. The number of carbonyl (C=O) groups excluding carboxylic acids is 2. The molecule has 0 aromatic carbocycles. The molecule has 1 saturated heterocycles. The second kappa shape index (κ2) is 6.72. The molecule has 1 aliphatic rings. The minimum absolute atomic E-state index is 0.341. The first kappa shape index (κ1) is 17.8. The zero-order chi connectivity index (χ0) is 18.2.